The number of hydrogen-bond acceptors (Lipinski definition) is 1. The van der Waals surface area contributed by atoms with Crippen molar-refractivity contribution in [1.82, 2.24) is 5.32 Å². The van der Waals surface area contributed by atoms with Crippen LogP contribution in [0.5, 0.6) is 0 Å². The first kappa shape index (κ1) is 12.8. The van der Waals surface area contributed by atoms with E-state index >= 15 is 0 Å². The van der Waals surface area contributed by atoms with Crippen molar-refractivity contribution in [1.29, 1.82) is 0 Å². The molecule has 0 atom stereocenters. The van der Waals surface area contributed by atoms with Crippen LogP contribution in [0.15, 0.2) is 48.4 Å². The molecule has 1 nitrogen and oxygen atoms in total. The maximum atomic E-state index is 3.92. The quantitative estimate of drug-likeness (QED) is 0.627. The number of allylic oxidation sites excluding steroid dienone is 5. The van der Waals surface area contributed by atoms with Crippen LogP contribution in [0.4, 0.5) is 0 Å². The summed E-state index contributed by atoms with van der Waals surface area (Å²) in [6, 6.07) is 0. The molecule has 0 aromatic heterocycles. The normalized spacial score (nSPS) is 11.8. The van der Waals surface area contributed by atoms with E-state index in [1.807, 2.05) is 13.8 Å². The molecule has 0 aromatic rings. The molecule has 0 aliphatic rings. The molecule has 78 valence electrons. The average Bonchev–Trinajstić information content (AvgIpc) is 2.03. The van der Waals surface area contributed by atoms with Gasteiger partial charge in [0.2, 0.25) is 0 Å². The molecule has 0 fully saturated rings. The molecule has 0 aliphatic carbocycles. The summed E-state index contributed by atoms with van der Waals surface area (Å²) in [7, 11) is 0. The van der Waals surface area contributed by atoms with Crippen molar-refractivity contribution in [3.05, 3.63) is 48.4 Å². The molecule has 0 aromatic carbocycles. The third-order valence-corrected chi connectivity index (χ3v) is 1.65. The first-order chi connectivity index (χ1) is 6.60. The van der Waals surface area contributed by atoms with Crippen LogP contribution in [0.2, 0.25) is 0 Å². The number of rotatable bonds is 6. The molecular weight excluding hydrogens is 170 g/mol. The van der Waals surface area contributed by atoms with Crippen molar-refractivity contribution in [3.63, 3.8) is 0 Å². The second-order valence-electron chi connectivity index (χ2n) is 3.40. The zero-order valence-corrected chi connectivity index (χ0v) is 9.56. The molecule has 0 rings (SSSR count). The molecule has 0 heterocycles. The van der Waals surface area contributed by atoms with Crippen LogP contribution in [0.3, 0.4) is 0 Å². The Balaban J connectivity index is 4.39. The third kappa shape index (κ3) is 6.30. The van der Waals surface area contributed by atoms with Crippen molar-refractivity contribution in [2.75, 3.05) is 0 Å². The van der Waals surface area contributed by atoms with E-state index in [0.717, 1.165) is 24.2 Å². The maximum Gasteiger partial charge on any atom is 0.0311 e. The van der Waals surface area contributed by atoms with Crippen molar-refractivity contribution < 1.29 is 0 Å². The zero-order valence-electron chi connectivity index (χ0n) is 9.56. The van der Waals surface area contributed by atoms with Gasteiger partial charge in [0.15, 0.2) is 0 Å². The van der Waals surface area contributed by atoms with Gasteiger partial charge in [-0.1, -0.05) is 38.7 Å². The van der Waals surface area contributed by atoms with Crippen molar-refractivity contribution in [2.45, 2.75) is 33.6 Å². The van der Waals surface area contributed by atoms with Gasteiger partial charge in [0.1, 0.15) is 0 Å². The molecule has 0 unspecified atom stereocenters. The lowest BCUT2D eigenvalue weighted by molar-refractivity contribution is 0.917. The van der Waals surface area contributed by atoms with E-state index < -0.39 is 0 Å². The molecule has 1 heteroatoms. The average molecular weight is 191 g/mol. The maximum absolute atomic E-state index is 3.92. The molecule has 14 heavy (non-hydrogen) atoms. The highest BCUT2D eigenvalue weighted by molar-refractivity contribution is 5.28. The molecule has 0 saturated carbocycles. The highest BCUT2D eigenvalue weighted by Crippen LogP contribution is 2.09. The summed E-state index contributed by atoms with van der Waals surface area (Å²) in [4.78, 5) is 0. The van der Waals surface area contributed by atoms with Crippen LogP contribution in [0.25, 0.3) is 0 Å². The van der Waals surface area contributed by atoms with Gasteiger partial charge in [-0.3, -0.25) is 0 Å². The second kappa shape index (κ2) is 7.19. The molecule has 0 aliphatic heterocycles. The van der Waals surface area contributed by atoms with E-state index in [1.165, 1.54) is 5.57 Å². The van der Waals surface area contributed by atoms with Gasteiger partial charge in [0.25, 0.3) is 0 Å². The van der Waals surface area contributed by atoms with Crippen LogP contribution in [-0.4, -0.2) is 0 Å². The van der Waals surface area contributed by atoms with Gasteiger partial charge in [0.05, 0.1) is 0 Å². The molecule has 0 spiro atoms. The Labute approximate surface area is 87.9 Å². The minimum atomic E-state index is 0.902. The number of hydrogen-bond donors (Lipinski definition) is 1. The van der Waals surface area contributed by atoms with E-state index in [4.69, 9.17) is 0 Å². The topological polar surface area (TPSA) is 12.0 Å². The van der Waals surface area contributed by atoms with Crippen LogP contribution in [0, 0.1) is 0 Å². The first-order valence-corrected chi connectivity index (χ1v) is 5.04. The Bertz CT molecular complexity index is 256. The second-order valence-corrected chi connectivity index (χ2v) is 3.40. The summed E-state index contributed by atoms with van der Waals surface area (Å²) >= 11 is 0. The van der Waals surface area contributed by atoms with Crippen molar-refractivity contribution in [3.8, 4) is 0 Å². The minimum absolute atomic E-state index is 0.902. The molecule has 1 N–H and O–H groups in total. The zero-order chi connectivity index (χ0) is 11.0. The van der Waals surface area contributed by atoms with Gasteiger partial charge < -0.3 is 5.32 Å². The smallest absolute Gasteiger partial charge is 0.0311 e. The van der Waals surface area contributed by atoms with Crippen LogP contribution in [-0.2, 0) is 0 Å². The fraction of sp³-hybridized carbons (Fsp3) is 0.385. The summed E-state index contributed by atoms with van der Waals surface area (Å²) in [6.07, 6.45) is 8.47. The molecular formula is C13H21N. The van der Waals surface area contributed by atoms with E-state index in [-0.39, 0.29) is 0 Å². The van der Waals surface area contributed by atoms with E-state index in [9.17, 15) is 0 Å². The SMILES string of the molecule is C=C(C)NC(=C)/C=C(\C=C/C)CCC. The van der Waals surface area contributed by atoms with Gasteiger partial charge >= 0.3 is 0 Å². The highest BCUT2D eigenvalue weighted by atomic mass is 14.9. The van der Waals surface area contributed by atoms with Crippen molar-refractivity contribution >= 4 is 0 Å². The highest BCUT2D eigenvalue weighted by Gasteiger charge is 1.93. The monoisotopic (exact) mass is 191 g/mol. The van der Waals surface area contributed by atoms with Crippen molar-refractivity contribution in [2.24, 2.45) is 0 Å². The number of nitrogens with one attached hydrogen (secondary N) is 1. The fourth-order valence-corrected chi connectivity index (χ4v) is 1.24. The van der Waals surface area contributed by atoms with Gasteiger partial charge in [-0.15, -0.1) is 0 Å². The standard InChI is InChI=1S/C13H21N/c1-6-8-13(9-7-2)10-12(5)14-11(3)4/h6,8,10,14H,3,5,7,9H2,1-2,4H3/b8-6-,13-10+. The van der Waals surface area contributed by atoms with E-state index in [2.05, 4.69) is 43.6 Å². The predicted octanol–water partition coefficient (Wildman–Crippen LogP) is 3.93. The van der Waals surface area contributed by atoms with E-state index in [0.29, 0.717) is 0 Å². The lowest BCUT2D eigenvalue weighted by Crippen LogP contribution is -2.06. The predicted molar refractivity (Wildman–Crippen MR) is 64.9 cm³/mol. The summed E-state index contributed by atoms with van der Waals surface area (Å²) in [5.41, 5.74) is 3.12. The fourth-order valence-electron chi connectivity index (χ4n) is 1.24. The molecule has 0 amide bonds. The first-order valence-electron chi connectivity index (χ1n) is 5.04. The van der Waals surface area contributed by atoms with Gasteiger partial charge in [-0.05, 0) is 31.9 Å². The molecule has 0 saturated heterocycles. The Morgan fingerprint density at radius 1 is 1.36 bits per heavy atom. The largest absolute Gasteiger partial charge is 0.360 e. The Hall–Kier alpha value is -1.24. The lowest BCUT2D eigenvalue weighted by Gasteiger charge is -2.06. The van der Waals surface area contributed by atoms with Crippen LogP contribution < -0.4 is 5.32 Å². The Kier molecular flexibility index (Phi) is 6.55. The molecule has 0 radical (unpaired) electrons. The minimum Gasteiger partial charge on any atom is -0.360 e. The molecule has 0 bridgehead atoms. The third-order valence-electron chi connectivity index (χ3n) is 1.65. The van der Waals surface area contributed by atoms with Gasteiger partial charge in [0, 0.05) is 11.4 Å². The Morgan fingerprint density at radius 3 is 2.43 bits per heavy atom. The summed E-state index contributed by atoms with van der Waals surface area (Å²) < 4.78 is 0. The van der Waals surface area contributed by atoms with E-state index in [1.54, 1.807) is 0 Å². The van der Waals surface area contributed by atoms with Crippen LogP contribution >= 0.6 is 0 Å². The van der Waals surface area contributed by atoms with Crippen LogP contribution in [0.1, 0.15) is 33.6 Å². The summed E-state index contributed by atoms with van der Waals surface area (Å²) in [5.74, 6) is 0. The summed E-state index contributed by atoms with van der Waals surface area (Å²) in [5, 5.41) is 3.09. The van der Waals surface area contributed by atoms with Gasteiger partial charge in [-0.2, -0.15) is 0 Å². The van der Waals surface area contributed by atoms with Gasteiger partial charge in [-0.25, -0.2) is 0 Å². The Morgan fingerprint density at radius 2 is 2.00 bits per heavy atom. The summed E-state index contributed by atoms with van der Waals surface area (Å²) in [6.45, 7) is 13.8. The lowest BCUT2D eigenvalue weighted by atomic mass is 10.1.